The number of rotatable bonds is 8. The standard InChI is InChI=1S/C14H25NO2S/c1-14(2,3)13-6-5-12(18-13)11-15-7-4-9-17-10-8-16/h5-6,15-16H,4,7-11H2,1-3H3. The summed E-state index contributed by atoms with van der Waals surface area (Å²) in [5.74, 6) is 0. The lowest BCUT2D eigenvalue weighted by Crippen LogP contribution is -2.16. The van der Waals surface area contributed by atoms with Crippen LogP contribution in [0.1, 0.15) is 36.9 Å². The summed E-state index contributed by atoms with van der Waals surface area (Å²) in [7, 11) is 0. The van der Waals surface area contributed by atoms with Crippen LogP contribution in [0.4, 0.5) is 0 Å². The SMILES string of the molecule is CC(C)(C)c1ccc(CNCCCOCCO)s1. The Kier molecular flexibility index (Phi) is 6.86. The molecule has 0 aromatic carbocycles. The highest BCUT2D eigenvalue weighted by Crippen LogP contribution is 2.29. The van der Waals surface area contributed by atoms with Gasteiger partial charge in [0, 0.05) is 22.9 Å². The Morgan fingerprint density at radius 1 is 1.28 bits per heavy atom. The summed E-state index contributed by atoms with van der Waals surface area (Å²) >= 11 is 1.88. The normalized spacial score (nSPS) is 12.0. The van der Waals surface area contributed by atoms with E-state index in [-0.39, 0.29) is 12.0 Å². The zero-order valence-corrected chi connectivity index (χ0v) is 12.5. The molecule has 1 aromatic rings. The molecular weight excluding hydrogens is 246 g/mol. The summed E-state index contributed by atoms with van der Waals surface area (Å²) in [6.07, 6.45) is 0.984. The van der Waals surface area contributed by atoms with E-state index in [1.165, 1.54) is 9.75 Å². The number of hydrogen-bond acceptors (Lipinski definition) is 4. The molecule has 0 saturated carbocycles. The second-order valence-electron chi connectivity index (χ2n) is 5.38. The smallest absolute Gasteiger partial charge is 0.0697 e. The fourth-order valence-electron chi connectivity index (χ4n) is 1.55. The Morgan fingerprint density at radius 3 is 2.67 bits per heavy atom. The van der Waals surface area contributed by atoms with Gasteiger partial charge in [-0.15, -0.1) is 11.3 Å². The summed E-state index contributed by atoms with van der Waals surface area (Å²) in [6, 6.07) is 4.44. The zero-order valence-electron chi connectivity index (χ0n) is 11.7. The first kappa shape index (κ1) is 15.6. The first-order valence-corrected chi connectivity index (χ1v) is 7.34. The molecule has 2 N–H and O–H groups in total. The van der Waals surface area contributed by atoms with E-state index in [4.69, 9.17) is 9.84 Å². The number of aliphatic hydroxyl groups excluding tert-OH is 1. The quantitative estimate of drug-likeness (QED) is 0.714. The number of thiophene rings is 1. The average Bonchev–Trinajstić information content (AvgIpc) is 2.76. The fraction of sp³-hybridized carbons (Fsp3) is 0.714. The Hall–Kier alpha value is -0.420. The van der Waals surface area contributed by atoms with Crippen LogP contribution < -0.4 is 5.32 Å². The van der Waals surface area contributed by atoms with E-state index in [2.05, 4.69) is 38.2 Å². The molecule has 0 fully saturated rings. The Labute approximate surface area is 114 Å². The molecule has 0 bridgehead atoms. The van der Waals surface area contributed by atoms with Crippen LogP contribution in [0, 0.1) is 0 Å². The first-order chi connectivity index (χ1) is 8.54. The summed E-state index contributed by atoms with van der Waals surface area (Å²) in [5, 5.41) is 12.0. The van der Waals surface area contributed by atoms with Gasteiger partial charge in [0.1, 0.15) is 0 Å². The predicted molar refractivity (Wildman–Crippen MR) is 77.2 cm³/mol. The highest BCUT2D eigenvalue weighted by atomic mass is 32.1. The first-order valence-electron chi connectivity index (χ1n) is 6.52. The third-order valence-electron chi connectivity index (χ3n) is 2.58. The number of nitrogens with one attached hydrogen (secondary N) is 1. The van der Waals surface area contributed by atoms with Crippen LogP contribution in [0.3, 0.4) is 0 Å². The van der Waals surface area contributed by atoms with E-state index >= 15 is 0 Å². The van der Waals surface area contributed by atoms with Gasteiger partial charge in [0.05, 0.1) is 13.2 Å². The van der Waals surface area contributed by atoms with Crippen molar-refractivity contribution >= 4 is 11.3 Å². The Bertz CT molecular complexity index is 331. The van der Waals surface area contributed by atoms with E-state index < -0.39 is 0 Å². The van der Waals surface area contributed by atoms with Crippen LogP contribution >= 0.6 is 11.3 Å². The molecule has 1 heterocycles. The van der Waals surface area contributed by atoms with Gasteiger partial charge in [-0.2, -0.15) is 0 Å². The molecule has 0 radical (unpaired) electrons. The fourth-order valence-corrected chi connectivity index (χ4v) is 2.59. The third-order valence-corrected chi connectivity index (χ3v) is 4.09. The lowest BCUT2D eigenvalue weighted by atomic mass is 9.95. The van der Waals surface area contributed by atoms with Gasteiger partial charge in [0.25, 0.3) is 0 Å². The third kappa shape index (κ3) is 5.96. The molecule has 0 aliphatic rings. The van der Waals surface area contributed by atoms with Crippen LogP contribution in [0.5, 0.6) is 0 Å². The van der Waals surface area contributed by atoms with Crippen molar-refractivity contribution < 1.29 is 9.84 Å². The van der Waals surface area contributed by atoms with Crippen molar-refractivity contribution in [1.29, 1.82) is 0 Å². The number of hydrogen-bond donors (Lipinski definition) is 2. The van der Waals surface area contributed by atoms with E-state index in [1.54, 1.807) is 0 Å². The van der Waals surface area contributed by atoms with Crippen LogP contribution in [-0.4, -0.2) is 31.5 Å². The molecule has 0 aliphatic heterocycles. The molecule has 0 amide bonds. The second kappa shape index (κ2) is 7.89. The zero-order chi connectivity index (χ0) is 13.4. The molecule has 104 valence electrons. The van der Waals surface area contributed by atoms with Crippen LogP contribution in [0.15, 0.2) is 12.1 Å². The number of ether oxygens (including phenoxy) is 1. The molecule has 1 aromatic heterocycles. The molecule has 0 unspecified atom stereocenters. The Morgan fingerprint density at radius 2 is 2.06 bits per heavy atom. The summed E-state index contributed by atoms with van der Waals surface area (Å²) < 4.78 is 5.20. The minimum atomic E-state index is 0.109. The lowest BCUT2D eigenvalue weighted by Gasteiger charge is -2.15. The molecular formula is C14H25NO2S. The maximum absolute atomic E-state index is 8.55. The van der Waals surface area contributed by atoms with Gasteiger partial charge in [-0.1, -0.05) is 20.8 Å². The topological polar surface area (TPSA) is 41.5 Å². The lowest BCUT2D eigenvalue weighted by molar-refractivity contribution is 0.0907. The number of aliphatic hydroxyl groups is 1. The maximum atomic E-state index is 8.55. The summed E-state index contributed by atoms with van der Waals surface area (Å²) in [5.41, 5.74) is 0.251. The Balaban J connectivity index is 2.14. The predicted octanol–water partition coefficient (Wildman–Crippen LogP) is 2.53. The van der Waals surface area contributed by atoms with Gasteiger partial charge in [-0.25, -0.2) is 0 Å². The van der Waals surface area contributed by atoms with E-state index in [0.29, 0.717) is 13.2 Å². The van der Waals surface area contributed by atoms with Gasteiger partial charge >= 0.3 is 0 Å². The molecule has 3 nitrogen and oxygen atoms in total. The highest BCUT2D eigenvalue weighted by Gasteiger charge is 2.15. The second-order valence-corrected chi connectivity index (χ2v) is 6.55. The maximum Gasteiger partial charge on any atom is 0.0697 e. The van der Waals surface area contributed by atoms with Gasteiger partial charge in [0.15, 0.2) is 0 Å². The highest BCUT2D eigenvalue weighted by molar-refractivity contribution is 7.12. The monoisotopic (exact) mass is 271 g/mol. The molecule has 4 heteroatoms. The minimum Gasteiger partial charge on any atom is -0.394 e. The van der Waals surface area contributed by atoms with Crippen LogP contribution in [0.2, 0.25) is 0 Å². The van der Waals surface area contributed by atoms with E-state index in [0.717, 1.165) is 19.5 Å². The van der Waals surface area contributed by atoms with Crippen molar-refractivity contribution in [2.75, 3.05) is 26.4 Å². The molecule has 0 saturated heterocycles. The van der Waals surface area contributed by atoms with Gasteiger partial charge < -0.3 is 15.2 Å². The van der Waals surface area contributed by atoms with Crippen molar-refractivity contribution in [3.63, 3.8) is 0 Å². The van der Waals surface area contributed by atoms with Gasteiger partial charge in [-0.05, 0) is 30.5 Å². The van der Waals surface area contributed by atoms with Crippen molar-refractivity contribution in [3.8, 4) is 0 Å². The molecule has 0 aliphatic carbocycles. The minimum absolute atomic E-state index is 0.109. The largest absolute Gasteiger partial charge is 0.394 e. The summed E-state index contributed by atoms with van der Waals surface area (Å²) in [6.45, 7) is 9.88. The molecule has 0 atom stereocenters. The molecule has 1 rings (SSSR count). The van der Waals surface area contributed by atoms with Crippen LogP contribution in [-0.2, 0) is 16.7 Å². The molecule has 0 spiro atoms. The van der Waals surface area contributed by atoms with E-state index in [9.17, 15) is 0 Å². The summed E-state index contributed by atoms with van der Waals surface area (Å²) in [4.78, 5) is 2.82. The average molecular weight is 271 g/mol. The van der Waals surface area contributed by atoms with Crippen molar-refractivity contribution in [3.05, 3.63) is 21.9 Å². The van der Waals surface area contributed by atoms with Crippen molar-refractivity contribution in [1.82, 2.24) is 5.32 Å². The van der Waals surface area contributed by atoms with Gasteiger partial charge in [0.2, 0.25) is 0 Å². The van der Waals surface area contributed by atoms with Crippen LogP contribution in [0.25, 0.3) is 0 Å². The van der Waals surface area contributed by atoms with Gasteiger partial charge in [-0.3, -0.25) is 0 Å². The molecule has 18 heavy (non-hydrogen) atoms. The van der Waals surface area contributed by atoms with E-state index in [1.807, 2.05) is 11.3 Å². The van der Waals surface area contributed by atoms with Crippen molar-refractivity contribution in [2.24, 2.45) is 0 Å². The van der Waals surface area contributed by atoms with Crippen molar-refractivity contribution in [2.45, 2.75) is 39.2 Å².